The molecule has 0 unspecified atom stereocenters. The van der Waals surface area contributed by atoms with Crippen LogP contribution in [0.4, 0.5) is 10.7 Å². The van der Waals surface area contributed by atoms with Gasteiger partial charge in [-0.2, -0.15) is 5.26 Å². The first-order valence-corrected chi connectivity index (χ1v) is 10.8. The molecule has 27 heavy (non-hydrogen) atoms. The summed E-state index contributed by atoms with van der Waals surface area (Å²) < 4.78 is 0. The minimum atomic E-state index is -0.182. The van der Waals surface area contributed by atoms with E-state index in [4.69, 9.17) is 0 Å². The molecule has 0 saturated heterocycles. The first kappa shape index (κ1) is 19.5. The molecular weight excluding hydrogens is 378 g/mol. The molecular formula is C20H21N3O2S2. The van der Waals surface area contributed by atoms with Crippen LogP contribution in [0.5, 0.6) is 0 Å². The minimum absolute atomic E-state index is 0.136. The van der Waals surface area contributed by atoms with E-state index in [1.807, 2.05) is 31.2 Å². The van der Waals surface area contributed by atoms with Crippen molar-refractivity contribution in [1.29, 1.82) is 5.26 Å². The Morgan fingerprint density at radius 1 is 1.19 bits per heavy atom. The van der Waals surface area contributed by atoms with E-state index in [1.165, 1.54) is 28.0 Å². The Hall–Kier alpha value is -2.30. The van der Waals surface area contributed by atoms with Crippen LogP contribution < -0.4 is 10.6 Å². The van der Waals surface area contributed by atoms with Crippen molar-refractivity contribution in [2.24, 2.45) is 0 Å². The summed E-state index contributed by atoms with van der Waals surface area (Å²) in [5.74, 6) is 0.0587. The van der Waals surface area contributed by atoms with Gasteiger partial charge in [0.15, 0.2) is 0 Å². The van der Waals surface area contributed by atoms with Crippen molar-refractivity contribution in [3.8, 4) is 6.07 Å². The van der Waals surface area contributed by atoms with Crippen LogP contribution in [0.25, 0.3) is 0 Å². The zero-order chi connectivity index (χ0) is 19.2. The monoisotopic (exact) mass is 399 g/mol. The van der Waals surface area contributed by atoms with Crippen LogP contribution in [0, 0.1) is 18.3 Å². The van der Waals surface area contributed by atoms with Gasteiger partial charge >= 0.3 is 0 Å². The zero-order valence-electron chi connectivity index (χ0n) is 15.1. The Labute approximate surface area is 167 Å². The first-order chi connectivity index (χ1) is 13.1. The Bertz CT molecular complexity index is 899. The van der Waals surface area contributed by atoms with E-state index in [2.05, 4.69) is 16.7 Å². The van der Waals surface area contributed by atoms with Crippen molar-refractivity contribution in [1.82, 2.24) is 0 Å². The number of aryl methyl sites for hydroxylation is 2. The van der Waals surface area contributed by atoms with Gasteiger partial charge in [-0.3, -0.25) is 9.59 Å². The van der Waals surface area contributed by atoms with Crippen molar-refractivity contribution in [3.05, 3.63) is 45.8 Å². The summed E-state index contributed by atoms with van der Waals surface area (Å²) in [7, 11) is 0. The maximum Gasteiger partial charge on any atom is 0.235 e. The summed E-state index contributed by atoms with van der Waals surface area (Å²) in [5.41, 5.74) is 3.55. The van der Waals surface area contributed by atoms with Gasteiger partial charge in [-0.05, 0) is 55.9 Å². The van der Waals surface area contributed by atoms with Gasteiger partial charge < -0.3 is 10.6 Å². The van der Waals surface area contributed by atoms with E-state index in [9.17, 15) is 14.9 Å². The van der Waals surface area contributed by atoms with E-state index >= 15 is 0 Å². The maximum atomic E-state index is 12.2. The second kappa shape index (κ2) is 9.07. The molecule has 1 aromatic heterocycles. The van der Waals surface area contributed by atoms with Gasteiger partial charge in [-0.25, -0.2) is 0 Å². The average Bonchev–Trinajstić information content (AvgIpc) is 2.98. The number of fused-ring (bicyclic) bond motifs is 1. The number of thiophene rings is 1. The molecule has 0 saturated carbocycles. The lowest BCUT2D eigenvalue weighted by Crippen LogP contribution is -2.18. The molecule has 1 aliphatic rings. The first-order valence-electron chi connectivity index (χ1n) is 8.85. The number of rotatable bonds is 6. The van der Waals surface area contributed by atoms with Crippen molar-refractivity contribution in [2.75, 3.05) is 22.1 Å². The van der Waals surface area contributed by atoms with Crippen LogP contribution in [0.3, 0.4) is 0 Å². The van der Waals surface area contributed by atoms with Gasteiger partial charge in [0.1, 0.15) is 11.1 Å². The largest absolute Gasteiger partial charge is 0.325 e. The minimum Gasteiger partial charge on any atom is -0.325 e. The quantitative estimate of drug-likeness (QED) is 0.766. The third-order valence-corrected chi connectivity index (χ3v) is 6.44. The number of nitrogens with zero attached hydrogens (tertiary/aromatic N) is 1. The number of nitrogens with one attached hydrogen (secondary N) is 2. The summed E-state index contributed by atoms with van der Waals surface area (Å²) in [6.45, 7) is 1.96. The SMILES string of the molecule is Cc1cccc(NC(=O)CSCC(=O)Nc2sc3c(c2C#N)CCCC3)c1. The highest BCUT2D eigenvalue weighted by atomic mass is 32.2. The average molecular weight is 400 g/mol. The molecule has 1 aliphatic carbocycles. The van der Waals surface area contributed by atoms with Gasteiger partial charge in [0.25, 0.3) is 0 Å². The lowest BCUT2D eigenvalue weighted by Gasteiger charge is -2.09. The molecule has 140 valence electrons. The van der Waals surface area contributed by atoms with Gasteiger partial charge in [0.2, 0.25) is 11.8 Å². The fraction of sp³-hybridized carbons (Fsp3) is 0.350. The van der Waals surface area contributed by atoms with Crippen molar-refractivity contribution in [3.63, 3.8) is 0 Å². The molecule has 0 fully saturated rings. The number of benzene rings is 1. The van der Waals surface area contributed by atoms with Gasteiger partial charge in [0.05, 0.1) is 17.1 Å². The van der Waals surface area contributed by atoms with Crippen molar-refractivity contribution >= 4 is 45.6 Å². The predicted molar refractivity (Wildman–Crippen MR) is 111 cm³/mol. The zero-order valence-corrected chi connectivity index (χ0v) is 16.8. The smallest absolute Gasteiger partial charge is 0.235 e. The Kier molecular flexibility index (Phi) is 6.54. The molecule has 0 spiro atoms. The number of carbonyl (C=O) groups is 2. The Morgan fingerprint density at radius 2 is 1.93 bits per heavy atom. The highest BCUT2D eigenvalue weighted by Gasteiger charge is 2.21. The normalized spacial score (nSPS) is 12.7. The van der Waals surface area contributed by atoms with Crippen LogP contribution in [0.2, 0.25) is 0 Å². The Balaban J connectivity index is 1.48. The fourth-order valence-corrected chi connectivity index (χ4v) is 4.96. The number of hydrogen-bond donors (Lipinski definition) is 2. The van der Waals surface area contributed by atoms with E-state index in [-0.39, 0.29) is 23.3 Å². The number of carbonyl (C=O) groups excluding carboxylic acids is 2. The number of amides is 2. The highest BCUT2D eigenvalue weighted by Crippen LogP contribution is 2.37. The number of nitriles is 1. The maximum absolute atomic E-state index is 12.2. The second-order valence-corrected chi connectivity index (χ2v) is 8.58. The van der Waals surface area contributed by atoms with Crippen molar-refractivity contribution in [2.45, 2.75) is 32.6 Å². The van der Waals surface area contributed by atoms with E-state index in [1.54, 1.807) is 0 Å². The summed E-state index contributed by atoms with van der Waals surface area (Å²) in [5, 5.41) is 15.8. The molecule has 0 atom stereocenters. The molecule has 2 N–H and O–H groups in total. The lowest BCUT2D eigenvalue weighted by atomic mass is 9.96. The second-order valence-electron chi connectivity index (χ2n) is 6.49. The molecule has 2 aromatic rings. The van der Waals surface area contributed by atoms with E-state index in [0.29, 0.717) is 10.6 Å². The molecule has 1 aromatic carbocycles. The number of anilines is 2. The van der Waals surface area contributed by atoms with Crippen LogP contribution in [-0.4, -0.2) is 23.3 Å². The van der Waals surface area contributed by atoms with E-state index < -0.39 is 0 Å². The third kappa shape index (κ3) is 5.12. The van der Waals surface area contributed by atoms with Crippen LogP contribution in [-0.2, 0) is 22.4 Å². The molecule has 0 aliphatic heterocycles. The van der Waals surface area contributed by atoms with Crippen molar-refractivity contribution < 1.29 is 9.59 Å². The van der Waals surface area contributed by atoms with Crippen LogP contribution in [0.15, 0.2) is 24.3 Å². The summed E-state index contributed by atoms with van der Waals surface area (Å²) in [6, 6.07) is 9.83. The fourth-order valence-electron chi connectivity index (χ4n) is 3.09. The molecule has 2 amide bonds. The van der Waals surface area contributed by atoms with Crippen LogP contribution in [0.1, 0.15) is 34.4 Å². The summed E-state index contributed by atoms with van der Waals surface area (Å²) in [4.78, 5) is 25.4. The molecule has 1 heterocycles. The standard InChI is InChI=1S/C20H21N3O2S2/c1-13-5-4-6-14(9-13)22-18(24)11-26-12-19(25)23-20-16(10-21)15-7-2-3-8-17(15)27-20/h4-6,9H,2-3,7-8,11-12H2,1H3,(H,22,24)(H,23,25). The topological polar surface area (TPSA) is 82.0 Å². The lowest BCUT2D eigenvalue weighted by molar-refractivity contribution is -0.114. The number of hydrogen-bond acceptors (Lipinski definition) is 5. The highest BCUT2D eigenvalue weighted by molar-refractivity contribution is 8.00. The molecule has 5 nitrogen and oxygen atoms in total. The number of thioether (sulfide) groups is 1. The Morgan fingerprint density at radius 3 is 2.67 bits per heavy atom. The third-order valence-electron chi connectivity index (χ3n) is 4.30. The summed E-state index contributed by atoms with van der Waals surface area (Å²) >= 11 is 2.77. The van der Waals surface area contributed by atoms with E-state index in [0.717, 1.165) is 42.5 Å². The predicted octanol–water partition coefficient (Wildman–Crippen LogP) is 4.12. The van der Waals surface area contributed by atoms with Gasteiger partial charge in [-0.1, -0.05) is 12.1 Å². The molecule has 7 heteroatoms. The van der Waals surface area contributed by atoms with Gasteiger partial charge in [0, 0.05) is 10.6 Å². The molecule has 0 bridgehead atoms. The van der Waals surface area contributed by atoms with Crippen LogP contribution >= 0.6 is 23.1 Å². The summed E-state index contributed by atoms with van der Waals surface area (Å²) in [6.07, 6.45) is 4.13. The molecule has 0 radical (unpaired) electrons. The molecule has 3 rings (SSSR count). The van der Waals surface area contributed by atoms with Gasteiger partial charge in [-0.15, -0.1) is 23.1 Å².